The number of nitrogens with one attached hydrogen (secondary N) is 2. The number of aromatic nitrogens is 1. The second-order valence-electron chi connectivity index (χ2n) is 7.12. The standard InChI is InChI=1S/C22H30N4O2/c1-2-23-22(26-19-8-10-20(27)11-9-19)25-15-18-12-13-24-21(14-18)28-16-17-6-4-3-5-7-17/h3-7,12-14,19-20,27H,2,8-11,15-16H2,1H3,(H2,23,25,26). The summed E-state index contributed by atoms with van der Waals surface area (Å²) in [6.45, 7) is 3.92. The van der Waals surface area contributed by atoms with Gasteiger partial charge in [-0.15, -0.1) is 0 Å². The van der Waals surface area contributed by atoms with E-state index in [0.717, 1.165) is 49.3 Å². The minimum Gasteiger partial charge on any atom is -0.473 e. The summed E-state index contributed by atoms with van der Waals surface area (Å²) >= 11 is 0. The molecule has 3 rings (SSSR count). The van der Waals surface area contributed by atoms with E-state index in [4.69, 9.17) is 9.73 Å². The van der Waals surface area contributed by atoms with Crippen LogP contribution in [0.5, 0.6) is 5.88 Å². The Morgan fingerprint density at radius 2 is 1.93 bits per heavy atom. The fourth-order valence-electron chi connectivity index (χ4n) is 3.26. The van der Waals surface area contributed by atoms with Crippen LogP contribution < -0.4 is 15.4 Å². The van der Waals surface area contributed by atoms with Gasteiger partial charge in [0.25, 0.3) is 0 Å². The van der Waals surface area contributed by atoms with Crippen molar-refractivity contribution in [3.63, 3.8) is 0 Å². The van der Waals surface area contributed by atoms with Crippen LogP contribution in [-0.4, -0.2) is 34.7 Å². The first-order valence-corrected chi connectivity index (χ1v) is 10.1. The monoisotopic (exact) mass is 382 g/mol. The predicted octanol–water partition coefficient (Wildman–Crippen LogP) is 3.02. The highest BCUT2D eigenvalue weighted by atomic mass is 16.5. The maximum absolute atomic E-state index is 9.67. The van der Waals surface area contributed by atoms with Crippen molar-refractivity contribution in [1.29, 1.82) is 0 Å². The Hall–Kier alpha value is -2.60. The number of ether oxygens (including phenoxy) is 1. The molecule has 6 heteroatoms. The number of aliphatic hydroxyl groups excluding tert-OH is 1. The molecule has 1 fully saturated rings. The molecule has 1 aliphatic rings. The highest BCUT2D eigenvalue weighted by molar-refractivity contribution is 5.80. The van der Waals surface area contributed by atoms with Gasteiger partial charge < -0.3 is 20.5 Å². The molecule has 0 bridgehead atoms. The van der Waals surface area contributed by atoms with Crippen LogP contribution in [0.3, 0.4) is 0 Å². The van der Waals surface area contributed by atoms with Crippen LogP contribution in [0.4, 0.5) is 0 Å². The number of aliphatic hydroxyl groups is 1. The van der Waals surface area contributed by atoms with Crippen LogP contribution in [0, 0.1) is 0 Å². The topological polar surface area (TPSA) is 78.8 Å². The lowest BCUT2D eigenvalue weighted by molar-refractivity contribution is 0.120. The van der Waals surface area contributed by atoms with E-state index in [2.05, 4.69) is 22.5 Å². The molecule has 3 N–H and O–H groups in total. The van der Waals surface area contributed by atoms with Crippen molar-refractivity contribution in [3.8, 4) is 5.88 Å². The third-order valence-corrected chi connectivity index (χ3v) is 4.83. The van der Waals surface area contributed by atoms with Gasteiger partial charge in [0.05, 0.1) is 12.6 Å². The molecule has 6 nitrogen and oxygen atoms in total. The minimum absolute atomic E-state index is 0.149. The van der Waals surface area contributed by atoms with Gasteiger partial charge >= 0.3 is 0 Å². The van der Waals surface area contributed by atoms with Crippen molar-refractivity contribution in [3.05, 3.63) is 59.8 Å². The summed E-state index contributed by atoms with van der Waals surface area (Å²) < 4.78 is 5.80. The van der Waals surface area contributed by atoms with Gasteiger partial charge in [0, 0.05) is 24.8 Å². The number of nitrogens with zero attached hydrogens (tertiary/aromatic N) is 2. The van der Waals surface area contributed by atoms with Crippen LogP contribution in [0.25, 0.3) is 0 Å². The molecular formula is C22H30N4O2. The molecule has 0 aliphatic heterocycles. The summed E-state index contributed by atoms with van der Waals surface area (Å²) in [4.78, 5) is 9.00. The lowest BCUT2D eigenvalue weighted by Gasteiger charge is -2.27. The van der Waals surface area contributed by atoms with E-state index in [9.17, 15) is 5.11 Å². The van der Waals surface area contributed by atoms with Gasteiger partial charge in [-0.3, -0.25) is 0 Å². The van der Waals surface area contributed by atoms with Crippen molar-refractivity contribution in [1.82, 2.24) is 15.6 Å². The molecule has 0 saturated heterocycles. The highest BCUT2D eigenvalue weighted by Crippen LogP contribution is 2.18. The predicted molar refractivity (Wildman–Crippen MR) is 111 cm³/mol. The molecule has 1 saturated carbocycles. The second kappa shape index (κ2) is 10.7. The molecule has 28 heavy (non-hydrogen) atoms. The van der Waals surface area contributed by atoms with Gasteiger partial charge in [0.2, 0.25) is 5.88 Å². The average Bonchev–Trinajstić information content (AvgIpc) is 2.73. The van der Waals surface area contributed by atoms with E-state index in [0.29, 0.717) is 25.1 Å². The quantitative estimate of drug-likeness (QED) is 0.507. The molecule has 1 heterocycles. The van der Waals surface area contributed by atoms with E-state index in [1.165, 1.54) is 0 Å². The van der Waals surface area contributed by atoms with Crippen molar-refractivity contribution in [2.75, 3.05) is 6.54 Å². The molecule has 0 radical (unpaired) electrons. The Balaban J connectivity index is 1.56. The summed E-state index contributed by atoms with van der Waals surface area (Å²) in [5.41, 5.74) is 2.17. The fourth-order valence-corrected chi connectivity index (χ4v) is 3.26. The number of hydrogen-bond donors (Lipinski definition) is 3. The third kappa shape index (κ3) is 6.53. The van der Waals surface area contributed by atoms with Crippen molar-refractivity contribution < 1.29 is 9.84 Å². The van der Waals surface area contributed by atoms with Gasteiger partial charge in [0.15, 0.2) is 5.96 Å². The fraction of sp³-hybridized carbons (Fsp3) is 0.455. The van der Waals surface area contributed by atoms with Crippen molar-refractivity contribution >= 4 is 5.96 Å². The van der Waals surface area contributed by atoms with Crippen LogP contribution >= 0.6 is 0 Å². The summed E-state index contributed by atoms with van der Waals surface area (Å²) in [5.74, 6) is 1.42. The highest BCUT2D eigenvalue weighted by Gasteiger charge is 2.19. The number of hydrogen-bond acceptors (Lipinski definition) is 4. The average molecular weight is 383 g/mol. The number of guanidine groups is 1. The summed E-state index contributed by atoms with van der Waals surface area (Å²) in [6, 6.07) is 14.3. The number of aliphatic imine (C=N–C) groups is 1. The summed E-state index contributed by atoms with van der Waals surface area (Å²) in [7, 11) is 0. The Morgan fingerprint density at radius 1 is 1.14 bits per heavy atom. The smallest absolute Gasteiger partial charge is 0.213 e. The molecule has 0 amide bonds. The largest absolute Gasteiger partial charge is 0.473 e. The minimum atomic E-state index is -0.149. The number of benzene rings is 1. The Kier molecular flexibility index (Phi) is 7.67. The van der Waals surface area contributed by atoms with E-state index >= 15 is 0 Å². The van der Waals surface area contributed by atoms with Crippen molar-refractivity contribution in [2.45, 2.75) is 57.9 Å². The molecule has 1 aromatic carbocycles. The Morgan fingerprint density at radius 3 is 2.68 bits per heavy atom. The molecule has 0 spiro atoms. The van der Waals surface area contributed by atoms with Gasteiger partial charge in [0.1, 0.15) is 6.61 Å². The molecule has 0 atom stereocenters. The third-order valence-electron chi connectivity index (χ3n) is 4.83. The lowest BCUT2D eigenvalue weighted by atomic mass is 9.93. The summed E-state index contributed by atoms with van der Waals surface area (Å²) in [6.07, 6.45) is 5.25. The van der Waals surface area contributed by atoms with Crippen LogP contribution in [0.15, 0.2) is 53.7 Å². The van der Waals surface area contributed by atoms with Gasteiger partial charge in [-0.25, -0.2) is 9.98 Å². The number of pyridine rings is 1. The lowest BCUT2D eigenvalue weighted by Crippen LogP contribution is -2.45. The summed E-state index contributed by atoms with van der Waals surface area (Å²) in [5, 5.41) is 16.5. The molecular weight excluding hydrogens is 352 g/mol. The Bertz CT molecular complexity index is 743. The van der Waals surface area contributed by atoms with Crippen LogP contribution in [0.2, 0.25) is 0 Å². The van der Waals surface area contributed by atoms with Crippen molar-refractivity contribution in [2.24, 2.45) is 4.99 Å². The number of rotatable bonds is 7. The maximum Gasteiger partial charge on any atom is 0.213 e. The van der Waals surface area contributed by atoms with E-state index in [1.54, 1.807) is 6.20 Å². The molecule has 1 aromatic heterocycles. The van der Waals surface area contributed by atoms with Crippen LogP contribution in [0.1, 0.15) is 43.7 Å². The molecule has 150 valence electrons. The molecule has 1 aliphatic carbocycles. The zero-order valence-electron chi connectivity index (χ0n) is 16.5. The second-order valence-corrected chi connectivity index (χ2v) is 7.12. The first-order chi connectivity index (χ1) is 13.7. The van der Waals surface area contributed by atoms with Gasteiger partial charge in [-0.2, -0.15) is 0 Å². The normalized spacial score (nSPS) is 19.9. The first kappa shape index (κ1) is 20.1. The Labute approximate surface area is 167 Å². The molecule has 0 unspecified atom stereocenters. The first-order valence-electron chi connectivity index (χ1n) is 10.1. The zero-order valence-corrected chi connectivity index (χ0v) is 16.5. The van der Waals surface area contributed by atoms with Crippen LogP contribution in [-0.2, 0) is 13.2 Å². The van der Waals surface area contributed by atoms with Gasteiger partial charge in [-0.1, -0.05) is 30.3 Å². The van der Waals surface area contributed by atoms with E-state index < -0.39 is 0 Å². The SMILES string of the molecule is CCNC(=NCc1ccnc(OCc2ccccc2)c1)NC1CCC(O)CC1. The van der Waals surface area contributed by atoms with E-state index in [1.807, 2.05) is 42.5 Å². The molecule has 2 aromatic rings. The zero-order chi connectivity index (χ0) is 19.6. The van der Waals surface area contributed by atoms with E-state index in [-0.39, 0.29) is 6.10 Å². The maximum atomic E-state index is 9.67. The van der Waals surface area contributed by atoms with Gasteiger partial charge in [-0.05, 0) is 49.8 Å².